The van der Waals surface area contributed by atoms with Gasteiger partial charge in [-0.2, -0.15) is 0 Å². The van der Waals surface area contributed by atoms with Crippen LogP contribution in [0.15, 0.2) is 60.7 Å². The SMILES string of the molecule is NCCOc1cccc(F)c1-c1c(Cl)ccc2c1CC(c1ccccc1)O2. The van der Waals surface area contributed by atoms with Crippen LogP contribution >= 0.6 is 11.6 Å². The van der Waals surface area contributed by atoms with E-state index in [9.17, 15) is 4.39 Å². The highest BCUT2D eigenvalue weighted by molar-refractivity contribution is 6.33. The number of hydrogen-bond acceptors (Lipinski definition) is 3. The van der Waals surface area contributed by atoms with Gasteiger partial charge in [-0.3, -0.25) is 0 Å². The van der Waals surface area contributed by atoms with Crippen molar-refractivity contribution in [3.05, 3.63) is 82.6 Å². The number of halogens is 2. The molecule has 1 aliphatic rings. The molecule has 0 spiro atoms. The largest absolute Gasteiger partial charge is 0.492 e. The van der Waals surface area contributed by atoms with E-state index in [-0.39, 0.29) is 11.9 Å². The summed E-state index contributed by atoms with van der Waals surface area (Å²) in [6.07, 6.45) is 0.485. The average molecular weight is 384 g/mol. The summed E-state index contributed by atoms with van der Waals surface area (Å²) in [4.78, 5) is 0. The van der Waals surface area contributed by atoms with E-state index in [0.29, 0.717) is 41.5 Å². The quantitative estimate of drug-likeness (QED) is 0.661. The highest BCUT2D eigenvalue weighted by Crippen LogP contribution is 2.47. The molecule has 27 heavy (non-hydrogen) atoms. The fourth-order valence-corrected chi connectivity index (χ4v) is 3.73. The predicted octanol–water partition coefficient (Wildman–Crippen LogP) is 5.16. The third kappa shape index (κ3) is 3.38. The number of hydrogen-bond donors (Lipinski definition) is 1. The molecule has 0 saturated heterocycles. The summed E-state index contributed by atoms with van der Waals surface area (Å²) in [5, 5.41) is 0.466. The second-order valence-corrected chi connectivity index (χ2v) is 6.78. The van der Waals surface area contributed by atoms with Gasteiger partial charge in [0.25, 0.3) is 0 Å². The maximum absolute atomic E-state index is 14.8. The number of ether oxygens (including phenoxy) is 2. The summed E-state index contributed by atoms with van der Waals surface area (Å²) in [5.41, 5.74) is 8.48. The third-order valence-electron chi connectivity index (χ3n) is 4.65. The lowest BCUT2D eigenvalue weighted by molar-refractivity contribution is 0.238. The van der Waals surface area contributed by atoms with E-state index in [2.05, 4.69) is 0 Å². The van der Waals surface area contributed by atoms with E-state index in [1.807, 2.05) is 36.4 Å². The van der Waals surface area contributed by atoms with Gasteiger partial charge in [0.1, 0.15) is 30.0 Å². The van der Waals surface area contributed by atoms with Crippen molar-refractivity contribution in [3.63, 3.8) is 0 Å². The van der Waals surface area contributed by atoms with Crippen molar-refractivity contribution in [1.82, 2.24) is 0 Å². The topological polar surface area (TPSA) is 44.5 Å². The molecule has 0 saturated carbocycles. The molecule has 1 aliphatic heterocycles. The lowest BCUT2D eigenvalue weighted by Crippen LogP contribution is -2.11. The van der Waals surface area contributed by atoms with E-state index in [1.165, 1.54) is 6.07 Å². The second kappa shape index (κ2) is 7.59. The standard InChI is InChI=1S/C22H19ClFNO2/c23-16-9-10-18-15(13-20(27-18)14-5-2-1-3-6-14)21(16)22-17(24)7-4-8-19(22)26-12-11-25/h1-10,20H,11-13,25H2. The van der Waals surface area contributed by atoms with Crippen LogP contribution in [0.1, 0.15) is 17.2 Å². The lowest BCUT2D eigenvalue weighted by Gasteiger charge is -2.15. The van der Waals surface area contributed by atoms with Crippen LogP contribution in [0.3, 0.4) is 0 Å². The van der Waals surface area contributed by atoms with Gasteiger partial charge >= 0.3 is 0 Å². The van der Waals surface area contributed by atoms with Crippen molar-refractivity contribution in [2.45, 2.75) is 12.5 Å². The highest BCUT2D eigenvalue weighted by Gasteiger charge is 2.30. The molecule has 0 bridgehead atoms. The third-order valence-corrected chi connectivity index (χ3v) is 4.96. The van der Waals surface area contributed by atoms with Crippen LogP contribution < -0.4 is 15.2 Å². The number of fused-ring (bicyclic) bond motifs is 1. The summed E-state index contributed by atoms with van der Waals surface area (Å²) in [7, 11) is 0. The molecule has 0 aromatic heterocycles. The Kier molecular flexibility index (Phi) is 5.01. The number of nitrogens with two attached hydrogens (primary N) is 1. The molecule has 2 N–H and O–H groups in total. The first kappa shape index (κ1) is 17.8. The van der Waals surface area contributed by atoms with Crippen molar-refractivity contribution in [1.29, 1.82) is 0 Å². The van der Waals surface area contributed by atoms with Gasteiger partial charge in [-0.05, 0) is 29.8 Å². The first-order chi connectivity index (χ1) is 13.2. The van der Waals surface area contributed by atoms with Gasteiger partial charge in [0.2, 0.25) is 0 Å². The molecule has 4 rings (SSSR count). The van der Waals surface area contributed by atoms with Gasteiger partial charge in [-0.25, -0.2) is 4.39 Å². The minimum atomic E-state index is -0.386. The van der Waals surface area contributed by atoms with Crippen molar-refractivity contribution < 1.29 is 13.9 Å². The van der Waals surface area contributed by atoms with Crippen LogP contribution in [0.25, 0.3) is 11.1 Å². The maximum atomic E-state index is 14.8. The van der Waals surface area contributed by atoms with Crippen LogP contribution in [0.2, 0.25) is 5.02 Å². The lowest BCUT2D eigenvalue weighted by atomic mass is 9.94. The van der Waals surface area contributed by atoms with Crippen LogP contribution in [0.4, 0.5) is 4.39 Å². The molecule has 3 aromatic rings. The van der Waals surface area contributed by atoms with Gasteiger partial charge in [-0.1, -0.05) is 48.0 Å². The molecule has 0 fully saturated rings. The summed E-state index contributed by atoms with van der Waals surface area (Å²) in [5.74, 6) is 0.762. The van der Waals surface area contributed by atoms with E-state index >= 15 is 0 Å². The molecule has 0 aliphatic carbocycles. The van der Waals surface area contributed by atoms with Crippen molar-refractivity contribution in [2.24, 2.45) is 5.73 Å². The van der Waals surface area contributed by atoms with Gasteiger partial charge in [-0.15, -0.1) is 0 Å². The zero-order valence-corrected chi connectivity index (χ0v) is 15.4. The Morgan fingerprint density at radius 3 is 2.63 bits per heavy atom. The van der Waals surface area contributed by atoms with Gasteiger partial charge in [0, 0.05) is 29.1 Å². The summed E-state index contributed by atoms with van der Waals surface area (Å²) in [6, 6.07) is 18.3. The number of benzene rings is 3. The normalized spacial score (nSPS) is 15.3. The van der Waals surface area contributed by atoms with Crippen molar-refractivity contribution >= 4 is 11.6 Å². The van der Waals surface area contributed by atoms with E-state index in [1.54, 1.807) is 18.2 Å². The Morgan fingerprint density at radius 2 is 1.85 bits per heavy atom. The Morgan fingerprint density at radius 1 is 1.04 bits per heavy atom. The zero-order valence-electron chi connectivity index (χ0n) is 14.6. The first-order valence-corrected chi connectivity index (χ1v) is 9.21. The molecular weight excluding hydrogens is 365 g/mol. The van der Waals surface area contributed by atoms with Crippen LogP contribution in [-0.2, 0) is 6.42 Å². The van der Waals surface area contributed by atoms with Gasteiger partial charge < -0.3 is 15.2 Å². The Bertz CT molecular complexity index is 962. The minimum absolute atomic E-state index is 0.126. The number of rotatable bonds is 5. The predicted molar refractivity (Wildman–Crippen MR) is 105 cm³/mol. The molecule has 1 heterocycles. The Labute approximate surface area is 162 Å². The molecule has 0 amide bonds. The summed E-state index contributed by atoms with van der Waals surface area (Å²) in [6.45, 7) is 0.641. The van der Waals surface area contributed by atoms with Crippen molar-refractivity contribution in [3.8, 4) is 22.6 Å². The van der Waals surface area contributed by atoms with Crippen LogP contribution in [0.5, 0.6) is 11.5 Å². The van der Waals surface area contributed by atoms with Gasteiger partial charge in [0.15, 0.2) is 0 Å². The van der Waals surface area contributed by atoms with Gasteiger partial charge in [0.05, 0.1) is 5.56 Å². The molecular formula is C22H19ClFNO2. The average Bonchev–Trinajstić information content (AvgIpc) is 3.12. The Balaban J connectivity index is 1.81. The molecule has 5 heteroatoms. The summed E-state index contributed by atoms with van der Waals surface area (Å²) < 4.78 is 26.6. The first-order valence-electron chi connectivity index (χ1n) is 8.83. The maximum Gasteiger partial charge on any atom is 0.134 e. The fourth-order valence-electron chi connectivity index (χ4n) is 3.45. The molecule has 1 atom stereocenters. The van der Waals surface area contributed by atoms with Crippen LogP contribution in [0, 0.1) is 5.82 Å². The fraction of sp³-hybridized carbons (Fsp3) is 0.182. The zero-order chi connectivity index (χ0) is 18.8. The Hall–Kier alpha value is -2.56. The molecule has 3 aromatic carbocycles. The molecule has 0 radical (unpaired) electrons. The van der Waals surface area contributed by atoms with Crippen LogP contribution in [-0.4, -0.2) is 13.2 Å². The van der Waals surface area contributed by atoms with E-state index < -0.39 is 0 Å². The van der Waals surface area contributed by atoms with Crippen molar-refractivity contribution in [2.75, 3.05) is 13.2 Å². The monoisotopic (exact) mass is 383 g/mol. The minimum Gasteiger partial charge on any atom is -0.492 e. The molecule has 3 nitrogen and oxygen atoms in total. The second-order valence-electron chi connectivity index (χ2n) is 6.37. The molecule has 138 valence electrons. The van der Waals surface area contributed by atoms with E-state index in [4.69, 9.17) is 26.8 Å². The smallest absolute Gasteiger partial charge is 0.134 e. The molecule has 1 unspecified atom stereocenters. The highest BCUT2D eigenvalue weighted by atomic mass is 35.5. The summed E-state index contributed by atoms with van der Waals surface area (Å²) >= 11 is 6.51. The van der Waals surface area contributed by atoms with E-state index in [0.717, 1.165) is 16.9 Å².